The second kappa shape index (κ2) is 7.21. The maximum absolute atomic E-state index is 13.2. The maximum Gasteiger partial charge on any atom is 0.263 e. The van der Waals surface area contributed by atoms with Crippen LogP contribution in [0.25, 0.3) is 21.3 Å². The van der Waals surface area contributed by atoms with E-state index < -0.39 is 6.04 Å². The van der Waals surface area contributed by atoms with Crippen molar-refractivity contribution in [3.63, 3.8) is 0 Å². The summed E-state index contributed by atoms with van der Waals surface area (Å²) in [6.07, 6.45) is 1.47. The number of carbonyl (C=O) groups excluding carboxylic acids is 1. The van der Waals surface area contributed by atoms with Crippen LogP contribution in [0.5, 0.6) is 0 Å². The Morgan fingerprint density at radius 2 is 1.81 bits per heavy atom. The molecule has 4 aromatic rings. The smallest absolute Gasteiger partial charge is 0.263 e. The van der Waals surface area contributed by atoms with Crippen LogP contribution in [-0.4, -0.2) is 15.3 Å². The van der Waals surface area contributed by atoms with Crippen LogP contribution in [0.2, 0.25) is 0 Å². The zero-order chi connectivity index (χ0) is 19.0. The lowest BCUT2D eigenvalue weighted by molar-refractivity contribution is 0.0932. The average molecular weight is 439 g/mol. The fourth-order valence-corrected chi connectivity index (χ4v) is 4.20. The van der Waals surface area contributed by atoms with Gasteiger partial charge in [-0.2, -0.15) is 0 Å². The lowest BCUT2D eigenvalue weighted by atomic mass is 10.0. The highest BCUT2D eigenvalue weighted by Crippen LogP contribution is 2.31. The Morgan fingerprint density at radius 1 is 1.11 bits per heavy atom. The molecule has 6 heteroatoms. The van der Waals surface area contributed by atoms with Crippen LogP contribution < -0.4 is 5.56 Å². The van der Waals surface area contributed by atoms with Crippen LogP contribution in [0.3, 0.4) is 0 Å². The molecule has 0 saturated heterocycles. The number of benzene rings is 2. The summed E-state index contributed by atoms with van der Waals surface area (Å²) >= 11 is 4.86. The van der Waals surface area contributed by atoms with Crippen LogP contribution >= 0.6 is 27.3 Å². The number of hydrogen-bond acceptors (Lipinski definition) is 4. The summed E-state index contributed by atoms with van der Waals surface area (Å²) in [5.41, 5.74) is 2.17. The predicted molar refractivity (Wildman–Crippen MR) is 112 cm³/mol. The van der Waals surface area contributed by atoms with Gasteiger partial charge in [-0.05, 0) is 24.6 Å². The van der Waals surface area contributed by atoms with Crippen LogP contribution in [0.1, 0.15) is 23.3 Å². The van der Waals surface area contributed by atoms with Gasteiger partial charge < -0.3 is 0 Å². The van der Waals surface area contributed by atoms with Gasteiger partial charge in [0.05, 0.1) is 17.8 Å². The first kappa shape index (κ1) is 17.8. The molecule has 1 atom stereocenters. The van der Waals surface area contributed by atoms with E-state index in [0.29, 0.717) is 15.8 Å². The number of rotatable bonds is 4. The molecule has 0 spiro atoms. The Kier molecular flexibility index (Phi) is 4.76. The molecule has 4 rings (SSSR count). The quantitative estimate of drug-likeness (QED) is 0.404. The molecule has 0 aliphatic carbocycles. The maximum atomic E-state index is 13.2. The molecular weight excluding hydrogens is 424 g/mol. The number of halogens is 1. The summed E-state index contributed by atoms with van der Waals surface area (Å²) in [4.78, 5) is 31.1. The Balaban J connectivity index is 1.82. The fourth-order valence-electron chi connectivity index (χ4n) is 3.03. The van der Waals surface area contributed by atoms with Crippen molar-refractivity contribution in [3.05, 3.63) is 86.7 Å². The lowest BCUT2D eigenvalue weighted by Gasteiger charge is -2.14. The number of hydrogen-bond donors (Lipinski definition) is 0. The van der Waals surface area contributed by atoms with Crippen molar-refractivity contribution in [3.8, 4) is 11.1 Å². The molecule has 2 aromatic heterocycles. The Bertz CT molecular complexity index is 1180. The Morgan fingerprint density at radius 3 is 2.52 bits per heavy atom. The third kappa shape index (κ3) is 3.26. The molecule has 27 heavy (non-hydrogen) atoms. The van der Waals surface area contributed by atoms with Crippen LogP contribution in [-0.2, 0) is 0 Å². The minimum Gasteiger partial charge on any atom is -0.292 e. The molecule has 0 amide bonds. The zero-order valence-corrected chi connectivity index (χ0v) is 16.8. The Labute approximate surface area is 168 Å². The second-order valence-corrected chi connectivity index (χ2v) is 7.97. The molecule has 2 heterocycles. The van der Waals surface area contributed by atoms with Gasteiger partial charge in [0.1, 0.15) is 4.83 Å². The predicted octanol–water partition coefficient (Wildman–Crippen LogP) is 5.33. The van der Waals surface area contributed by atoms with E-state index in [0.717, 1.165) is 15.6 Å². The van der Waals surface area contributed by atoms with E-state index in [4.69, 9.17) is 0 Å². The summed E-state index contributed by atoms with van der Waals surface area (Å²) in [7, 11) is 0. The normalized spacial score (nSPS) is 12.2. The van der Waals surface area contributed by atoms with Crippen LogP contribution in [0, 0.1) is 0 Å². The van der Waals surface area contributed by atoms with Crippen molar-refractivity contribution in [1.82, 2.24) is 9.55 Å². The lowest BCUT2D eigenvalue weighted by Crippen LogP contribution is -2.28. The second-order valence-electron chi connectivity index (χ2n) is 6.20. The minimum atomic E-state index is -0.630. The van der Waals surface area contributed by atoms with Crippen LogP contribution in [0.4, 0.5) is 0 Å². The third-order valence-corrected chi connectivity index (χ3v) is 5.94. The molecule has 0 aliphatic rings. The molecule has 0 aliphatic heterocycles. The highest BCUT2D eigenvalue weighted by Gasteiger charge is 2.21. The average Bonchev–Trinajstić information content (AvgIpc) is 3.13. The topological polar surface area (TPSA) is 52.0 Å². The largest absolute Gasteiger partial charge is 0.292 e. The van der Waals surface area contributed by atoms with Gasteiger partial charge in [-0.3, -0.25) is 14.2 Å². The molecule has 2 aromatic carbocycles. The van der Waals surface area contributed by atoms with E-state index in [-0.39, 0.29) is 11.3 Å². The SMILES string of the molecule is CC(C(=O)c1ccccc1)n1cnc2scc(-c3ccc(Br)cc3)c2c1=O. The van der Waals surface area contributed by atoms with Crippen LogP contribution in [0.15, 0.2) is 75.6 Å². The van der Waals surface area contributed by atoms with E-state index >= 15 is 0 Å². The summed E-state index contributed by atoms with van der Waals surface area (Å²) in [6.45, 7) is 1.73. The number of aromatic nitrogens is 2. The Hall–Kier alpha value is -2.57. The minimum absolute atomic E-state index is 0.112. The fraction of sp³-hybridized carbons (Fsp3) is 0.0952. The van der Waals surface area contributed by atoms with Crippen molar-refractivity contribution < 1.29 is 4.79 Å². The van der Waals surface area contributed by atoms with Gasteiger partial charge in [0.15, 0.2) is 5.78 Å². The molecule has 0 saturated carbocycles. The van der Waals surface area contributed by atoms with E-state index in [1.807, 2.05) is 47.8 Å². The number of thiophene rings is 1. The molecular formula is C21H15BrN2O2S. The monoisotopic (exact) mass is 438 g/mol. The summed E-state index contributed by atoms with van der Waals surface area (Å²) in [5.74, 6) is -0.112. The molecule has 0 radical (unpaired) electrons. The molecule has 0 fully saturated rings. The molecule has 0 N–H and O–H groups in total. The first-order valence-electron chi connectivity index (χ1n) is 8.40. The van der Waals surface area contributed by atoms with E-state index in [9.17, 15) is 9.59 Å². The van der Waals surface area contributed by atoms with Crippen molar-refractivity contribution in [2.24, 2.45) is 0 Å². The number of carbonyl (C=O) groups is 1. The van der Waals surface area contributed by atoms with Crippen molar-refractivity contribution in [2.45, 2.75) is 13.0 Å². The van der Waals surface area contributed by atoms with Gasteiger partial charge >= 0.3 is 0 Å². The summed E-state index contributed by atoms with van der Waals surface area (Å²) in [6, 6.07) is 16.2. The van der Waals surface area contributed by atoms with Crippen molar-refractivity contribution in [1.29, 1.82) is 0 Å². The van der Waals surface area contributed by atoms with Gasteiger partial charge in [-0.15, -0.1) is 11.3 Å². The number of Topliss-reactive ketones (excluding diaryl/α,β-unsaturated/α-hetero) is 1. The summed E-state index contributed by atoms with van der Waals surface area (Å²) < 4.78 is 2.40. The van der Waals surface area contributed by atoms with Gasteiger partial charge in [-0.25, -0.2) is 4.98 Å². The summed E-state index contributed by atoms with van der Waals surface area (Å²) in [5, 5.41) is 2.49. The van der Waals surface area contributed by atoms with E-state index in [1.54, 1.807) is 19.1 Å². The highest BCUT2D eigenvalue weighted by atomic mass is 79.9. The zero-order valence-electron chi connectivity index (χ0n) is 14.4. The highest BCUT2D eigenvalue weighted by molar-refractivity contribution is 9.10. The standard InChI is InChI=1S/C21H15BrN2O2S/c1-13(19(25)15-5-3-2-4-6-15)24-12-23-20-18(21(24)26)17(11-27-20)14-7-9-16(22)10-8-14/h2-13H,1H3. The third-order valence-electron chi connectivity index (χ3n) is 4.53. The van der Waals surface area contributed by atoms with Crippen molar-refractivity contribution >= 4 is 43.3 Å². The van der Waals surface area contributed by atoms with E-state index in [1.165, 1.54) is 22.2 Å². The van der Waals surface area contributed by atoms with Gasteiger partial charge in [0.25, 0.3) is 5.56 Å². The first-order chi connectivity index (χ1) is 13.1. The van der Waals surface area contributed by atoms with E-state index in [2.05, 4.69) is 20.9 Å². The van der Waals surface area contributed by atoms with Gasteiger partial charge in [0.2, 0.25) is 0 Å². The van der Waals surface area contributed by atoms with Gasteiger partial charge in [0, 0.05) is 21.0 Å². The number of nitrogens with zero attached hydrogens (tertiary/aromatic N) is 2. The number of fused-ring (bicyclic) bond motifs is 1. The molecule has 134 valence electrons. The van der Waals surface area contributed by atoms with Crippen molar-refractivity contribution in [2.75, 3.05) is 0 Å². The molecule has 4 nitrogen and oxygen atoms in total. The molecule has 1 unspecified atom stereocenters. The number of ketones is 1. The van der Waals surface area contributed by atoms with Gasteiger partial charge in [-0.1, -0.05) is 58.4 Å². The molecule has 0 bridgehead atoms. The first-order valence-corrected chi connectivity index (χ1v) is 10.1.